The van der Waals surface area contributed by atoms with Crippen LogP contribution in [0.2, 0.25) is 0 Å². The van der Waals surface area contributed by atoms with Gasteiger partial charge in [0.2, 0.25) is 0 Å². The van der Waals surface area contributed by atoms with Crippen molar-refractivity contribution in [2.45, 2.75) is 39.7 Å². The van der Waals surface area contributed by atoms with Gasteiger partial charge in [0, 0.05) is 11.8 Å². The van der Waals surface area contributed by atoms with Gasteiger partial charge in [-0.15, -0.1) is 11.3 Å². The lowest BCUT2D eigenvalue weighted by molar-refractivity contribution is 0.125. The van der Waals surface area contributed by atoms with E-state index in [-0.39, 0.29) is 6.10 Å². The number of hydrogen-bond donors (Lipinski definition) is 1. The summed E-state index contributed by atoms with van der Waals surface area (Å²) in [7, 11) is 0. The van der Waals surface area contributed by atoms with E-state index in [1.165, 1.54) is 0 Å². The number of aromatic nitrogens is 1. The molecule has 1 heterocycles. The maximum absolute atomic E-state index is 9.63. The van der Waals surface area contributed by atoms with Crippen molar-refractivity contribution >= 4 is 11.3 Å². The van der Waals surface area contributed by atoms with Crippen molar-refractivity contribution in [3.05, 3.63) is 16.1 Å². The zero-order chi connectivity index (χ0) is 9.84. The van der Waals surface area contributed by atoms with E-state index in [4.69, 9.17) is 0 Å². The van der Waals surface area contributed by atoms with Crippen molar-refractivity contribution in [3.63, 3.8) is 0 Å². The number of thiazole rings is 1. The number of aliphatic hydroxyl groups excluding tert-OH is 1. The summed E-state index contributed by atoms with van der Waals surface area (Å²) in [6.45, 7) is 6.15. The van der Waals surface area contributed by atoms with Gasteiger partial charge < -0.3 is 5.11 Å². The minimum atomic E-state index is -0.254. The SMILES string of the molecule is CCc1csc(CC(O)C(C)C)n1. The van der Waals surface area contributed by atoms with Crippen LogP contribution in [0.4, 0.5) is 0 Å². The predicted molar refractivity (Wildman–Crippen MR) is 56.0 cm³/mol. The van der Waals surface area contributed by atoms with Gasteiger partial charge in [0.1, 0.15) is 0 Å². The Morgan fingerprint density at radius 3 is 2.69 bits per heavy atom. The molecule has 0 spiro atoms. The second-order valence-corrected chi connectivity index (χ2v) is 4.54. The van der Waals surface area contributed by atoms with Crippen LogP contribution in [0.1, 0.15) is 31.5 Å². The molecule has 0 saturated carbocycles. The second kappa shape index (κ2) is 4.72. The van der Waals surface area contributed by atoms with Crippen molar-refractivity contribution in [2.24, 2.45) is 5.92 Å². The Labute approximate surface area is 83.6 Å². The molecule has 2 nitrogen and oxygen atoms in total. The Kier molecular flexibility index (Phi) is 3.88. The first kappa shape index (κ1) is 10.7. The van der Waals surface area contributed by atoms with E-state index in [1.807, 2.05) is 13.8 Å². The highest BCUT2D eigenvalue weighted by molar-refractivity contribution is 7.09. The highest BCUT2D eigenvalue weighted by Gasteiger charge is 2.12. The fourth-order valence-corrected chi connectivity index (χ4v) is 1.95. The fraction of sp³-hybridized carbons (Fsp3) is 0.700. The summed E-state index contributed by atoms with van der Waals surface area (Å²) < 4.78 is 0. The lowest BCUT2D eigenvalue weighted by atomic mass is 10.1. The van der Waals surface area contributed by atoms with Crippen LogP contribution in [0, 0.1) is 5.92 Å². The van der Waals surface area contributed by atoms with E-state index in [0.29, 0.717) is 12.3 Å². The van der Waals surface area contributed by atoms with Crippen molar-refractivity contribution in [2.75, 3.05) is 0 Å². The van der Waals surface area contributed by atoms with Crippen LogP contribution in [-0.4, -0.2) is 16.2 Å². The van der Waals surface area contributed by atoms with Crippen LogP contribution in [0.3, 0.4) is 0 Å². The van der Waals surface area contributed by atoms with Crippen LogP contribution >= 0.6 is 11.3 Å². The highest BCUT2D eigenvalue weighted by Crippen LogP contribution is 2.15. The highest BCUT2D eigenvalue weighted by atomic mass is 32.1. The molecule has 0 aliphatic rings. The molecule has 0 amide bonds. The van der Waals surface area contributed by atoms with E-state index >= 15 is 0 Å². The molecule has 1 aromatic heterocycles. The van der Waals surface area contributed by atoms with Gasteiger partial charge in [-0.3, -0.25) is 0 Å². The van der Waals surface area contributed by atoms with E-state index in [2.05, 4.69) is 17.3 Å². The number of hydrogen-bond acceptors (Lipinski definition) is 3. The van der Waals surface area contributed by atoms with Gasteiger partial charge in [-0.25, -0.2) is 4.98 Å². The van der Waals surface area contributed by atoms with Crippen molar-refractivity contribution in [3.8, 4) is 0 Å². The second-order valence-electron chi connectivity index (χ2n) is 3.60. The minimum absolute atomic E-state index is 0.254. The molecule has 0 bridgehead atoms. The van der Waals surface area contributed by atoms with Crippen LogP contribution in [0.25, 0.3) is 0 Å². The molecule has 1 atom stereocenters. The van der Waals surface area contributed by atoms with Gasteiger partial charge in [-0.05, 0) is 12.3 Å². The smallest absolute Gasteiger partial charge is 0.0954 e. The third-order valence-corrected chi connectivity index (χ3v) is 3.03. The summed E-state index contributed by atoms with van der Waals surface area (Å²) in [5, 5.41) is 12.8. The van der Waals surface area contributed by atoms with Crippen LogP contribution in [-0.2, 0) is 12.8 Å². The van der Waals surface area contributed by atoms with Gasteiger partial charge in [0.25, 0.3) is 0 Å². The molecule has 0 radical (unpaired) electrons. The molecule has 3 heteroatoms. The maximum Gasteiger partial charge on any atom is 0.0954 e. The summed E-state index contributed by atoms with van der Waals surface area (Å²) >= 11 is 1.65. The van der Waals surface area contributed by atoms with Crippen molar-refractivity contribution < 1.29 is 5.11 Å². The summed E-state index contributed by atoms with van der Waals surface area (Å²) in [5.41, 5.74) is 1.14. The first-order valence-corrected chi connectivity index (χ1v) is 5.62. The standard InChI is InChI=1S/C10H17NOS/c1-4-8-6-13-10(11-8)5-9(12)7(2)3/h6-7,9,12H,4-5H2,1-3H3. The molecular weight excluding hydrogens is 182 g/mol. The molecule has 74 valence electrons. The zero-order valence-corrected chi connectivity index (χ0v) is 9.27. The molecule has 1 aromatic rings. The first-order chi connectivity index (χ1) is 6.13. The van der Waals surface area contributed by atoms with Gasteiger partial charge >= 0.3 is 0 Å². The number of nitrogens with zero attached hydrogens (tertiary/aromatic N) is 1. The quantitative estimate of drug-likeness (QED) is 0.807. The van der Waals surface area contributed by atoms with Crippen molar-refractivity contribution in [1.82, 2.24) is 4.98 Å². The summed E-state index contributed by atoms with van der Waals surface area (Å²) in [5.74, 6) is 0.314. The molecule has 0 aliphatic heterocycles. The van der Waals surface area contributed by atoms with Crippen LogP contribution in [0.5, 0.6) is 0 Å². The molecule has 0 aliphatic carbocycles. The molecule has 0 saturated heterocycles. The monoisotopic (exact) mass is 199 g/mol. The maximum atomic E-state index is 9.63. The summed E-state index contributed by atoms with van der Waals surface area (Å²) in [6, 6.07) is 0. The zero-order valence-electron chi connectivity index (χ0n) is 8.45. The molecule has 13 heavy (non-hydrogen) atoms. The van der Waals surface area contributed by atoms with Gasteiger partial charge in [0.15, 0.2) is 0 Å². The lowest BCUT2D eigenvalue weighted by Gasteiger charge is -2.11. The van der Waals surface area contributed by atoms with E-state index < -0.39 is 0 Å². The third kappa shape index (κ3) is 3.08. The van der Waals surface area contributed by atoms with Crippen molar-refractivity contribution in [1.29, 1.82) is 0 Å². The van der Waals surface area contributed by atoms with Crippen LogP contribution in [0.15, 0.2) is 5.38 Å². The van der Waals surface area contributed by atoms with E-state index in [0.717, 1.165) is 17.1 Å². The number of aliphatic hydroxyl groups is 1. The summed E-state index contributed by atoms with van der Waals surface area (Å²) in [6.07, 6.45) is 1.42. The predicted octanol–water partition coefficient (Wildman–Crippen LogP) is 2.26. The molecule has 1 N–H and O–H groups in total. The minimum Gasteiger partial charge on any atom is -0.392 e. The lowest BCUT2D eigenvalue weighted by Crippen LogP contribution is -2.17. The van der Waals surface area contributed by atoms with E-state index in [9.17, 15) is 5.11 Å². The average molecular weight is 199 g/mol. The fourth-order valence-electron chi connectivity index (χ4n) is 1.02. The summed E-state index contributed by atoms with van der Waals surface area (Å²) in [4.78, 5) is 4.41. The average Bonchev–Trinajstić information content (AvgIpc) is 2.52. The third-order valence-electron chi connectivity index (χ3n) is 2.11. The number of rotatable bonds is 4. The largest absolute Gasteiger partial charge is 0.392 e. The Morgan fingerprint density at radius 2 is 2.23 bits per heavy atom. The Morgan fingerprint density at radius 1 is 1.54 bits per heavy atom. The first-order valence-electron chi connectivity index (χ1n) is 4.74. The molecule has 0 fully saturated rings. The van der Waals surface area contributed by atoms with E-state index in [1.54, 1.807) is 11.3 Å². The normalized spacial score (nSPS) is 13.6. The van der Waals surface area contributed by atoms with Gasteiger partial charge in [-0.1, -0.05) is 20.8 Å². The van der Waals surface area contributed by atoms with Gasteiger partial charge in [-0.2, -0.15) is 0 Å². The van der Waals surface area contributed by atoms with Crippen LogP contribution < -0.4 is 0 Å². The molecule has 1 unspecified atom stereocenters. The number of aryl methyl sites for hydroxylation is 1. The Bertz CT molecular complexity index is 257. The van der Waals surface area contributed by atoms with Gasteiger partial charge in [0.05, 0.1) is 16.8 Å². The molecular formula is C10H17NOS. The topological polar surface area (TPSA) is 33.1 Å². The Hall–Kier alpha value is -0.410. The Balaban J connectivity index is 2.53. The molecule has 0 aromatic carbocycles. The molecule has 1 rings (SSSR count).